The Balaban J connectivity index is 1.66. The Morgan fingerprint density at radius 3 is 2.67 bits per heavy atom. The van der Waals surface area contributed by atoms with Crippen LogP contribution in [-0.2, 0) is 4.79 Å². The fourth-order valence-corrected chi connectivity index (χ4v) is 6.80. The topological polar surface area (TPSA) is 49.7 Å². The second-order valence-corrected chi connectivity index (χ2v) is 8.92. The number of allylic oxidation sites excluding steroid dienone is 3. The maximum atomic E-state index is 11.9. The van der Waals surface area contributed by atoms with Crippen molar-refractivity contribution >= 4 is 12.0 Å². The average Bonchev–Trinajstić information content (AvgIpc) is 2.90. The van der Waals surface area contributed by atoms with Gasteiger partial charge in [-0.3, -0.25) is 4.79 Å². The van der Waals surface area contributed by atoms with Crippen LogP contribution >= 0.6 is 0 Å². The van der Waals surface area contributed by atoms with E-state index in [4.69, 9.17) is 5.21 Å². The highest BCUT2D eigenvalue weighted by Crippen LogP contribution is 2.66. The van der Waals surface area contributed by atoms with E-state index in [2.05, 4.69) is 25.1 Å². The molecule has 0 amide bonds. The van der Waals surface area contributed by atoms with Gasteiger partial charge >= 0.3 is 0 Å². The molecule has 0 aliphatic heterocycles. The number of nitrogens with zero attached hydrogens (tertiary/aromatic N) is 1. The maximum Gasteiger partial charge on any atom is 0.155 e. The first-order chi connectivity index (χ1) is 11.5. The van der Waals surface area contributed by atoms with Gasteiger partial charge in [-0.15, -0.1) is 0 Å². The molecule has 0 spiro atoms. The van der Waals surface area contributed by atoms with Gasteiger partial charge in [0.1, 0.15) is 0 Å². The quantitative estimate of drug-likeness (QED) is 0.423. The molecule has 130 valence electrons. The Morgan fingerprint density at radius 1 is 1.08 bits per heavy atom. The van der Waals surface area contributed by atoms with E-state index >= 15 is 0 Å². The van der Waals surface area contributed by atoms with E-state index in [1.807, 2.05) is 6.08 Å². The van der Waals surface area contributed by atoms with Crippen LogP contribution in [0.1, 0.15) is 65.2 Å². The first-order valence-corrected chi connectivity index (χ1v) is 9.60. The van der Waals surface area contributed by atoms with E-state index in [1.165, 1.54) is 36.8 Å². The first-order valence-electron chi connectivity index (χ1n) is 9.60. The van der Waals surface area contributed by atoms with Crippen LogP contribution in [-0.4, -0.2) is 17.2 Å². The van der Waals surface area contributed by atoms with E-state index in [-0.39, 0.29) is 10.8 Å². The van der Waals surface area contributed by atoms with Crippen LogP contribution in [0.25, 0.3) is 0 Å². The van der Waals surface area contributed by atoms with E-state index in [0.717, 1.165) is 43.4 Å². The lowest BCUT2D eigenvalue weighted by Crippen LogP contribution is -2.49. The molecule has 0 aromatic rings. The Hall–Kier alpha value is -1.38. The lowest BCUT2D eigenvalue weighted by Gasteiger charge is -2.57. The lowest BCUT2D eigenvalue weighted by molar-refractivity contribution is -0.117. The zero-order valence-corrected chi connectivity index (χ0v) is 14.9. The second-order valence-electron chi connectivity index (χ2n) is 8.92. The smallest absolute Gasteiger partial charge is 0.155 e. The largest absolute Gasteiger partial charge is 0.411 e. The minimum atomic E-state index is 0.261. The van der Waals surface area contributed by atoms with E-state index in [1.54, 1.807) is 6.21 Å². The molecular weight excluding hydrogens is 298 g/mol. The molecule has 3 nitrogen and oxygen atoms in total. The maximum absolute atomic E-state index is 11.9. The number of fused-ring (bicyclic) bond motifs is 5. The molecule has 0 heterocycles. The van der Waals surface area contributed by atoms with Crippen molar-refractivity contribution in [2.75, 3.05) is 0 Å². The molecule has 0 aromatic carbocycles. The summed E-state index contributed by atoms with van der Waals surface area (Å²) >= 11 is 0. The van der Waals surface area contributed by atoms with Crippen LogP contribution in [0.3, 0.4) is 0 Å². The number of carbonyl (C=O) groups is 1. The van der Waals surface area contributed by atoms with Crippen molar-refractivity contribution in [1.29, 1.82) is 0 Å². The molecule has 4 aliphatic carbocycles. The van der Waals surface area contributed by atoms with Crippen molar-refractivity contribution in [2.45, 2.75) is 65.2 Å². The zero-order valence-electron chi connectivity index (χ0n) is 14.9. The zero-order chi connectivity index (χ0) is 16.9. The fraction of sp³-hybridized carbons (Fsp3) is 0.714. The summed E-state index contributed by atoms with van der Waals surface area (Å²) in [6.45, 7) is 4.88. The molecule has 4 rings (SSSR count). The van der Waals surface area contributed by atoms with Gasteiger partial charge in [0.2, 0.25) is 0 Å². The van der Waals surface area contributed by atoms with E-state index in [0.29, 0.717) is 5.78 Å². The lowest BCUT2D eigenvalue weighted by atomic mass is 9.47. The number of rotatable bonds is 1. The molecule has 3 saturated carbocycles. The van der Waals surface area contributed by atoms with Crippen molar-refractivity contribution in [3.8, 4) is 0 Å². The molecule has 0 radical (unpaired) electrons. The minimum Gasteiger partial charge on any atom is -0.411 e. The number of hydrogen-bond donors (Lipinski definition) is 1. The molecule has 3 heteroatoms. The van der Waals surface area contributed by atoms with Gasteiger partial charge in [0, 0.05) is 6.42 Å². The molecule has 0 bridgehead atoms. The van der Waals surface area contributed by atoms with E-state index < -0.39 is 0 Å². The summed E-state index contributed by atoms with van der Waals surface area (Å²) in [5.41, 5.74) is 3.47. The van der Waals surface area contributed by atoms with Crippen LogP contribution in [0.5, 0.6) is 0 Å². The van der Waals surface area contributed by atoms with Crippen molar-refractivity contribution in [3.63, 3.8) is 0 Å². The fourth-order valence-electron chi connectivity index (χ4n) is 6.80. The van der Waals surface area contributed by atoms with Crippen molar-refractivity contribution < 1.29 is 10.0 Å². The summed E-state index contributed by atoms with van der Waals surface area (Å²) in [5, 5.41) is 12.0. The normalized spacial score (nSPS) is 46.6. The summed E-state index contributed by atoms with van der Waals surface area (Å²) in [7, 11) is 0. The monoisotopic (exact) mass is 327 g/mol. The molecule has 1 N–H and O–H groups in total. The standard InChI is InChI=1S/C21H29NO2/c1-20-11-8-19-17(18(20)6-4-14(20)9-12-22-24)5-3-15-13-16(23)7-10-21(15,19)2/h9,12-13,17-19,24H,3-8,10-11H2,1-2H3/t17-,18-,19-,20+,21-/m0/s1. The van der Waals surface area contributed by atoms with Gasteiger partial charge in [-0.2, -0.15) is 0 Å². The Morgan fingerprint density at radius 2 is 1.88 bits per heavy atom. The Bertz CT molecular complexity index is 646. The second kappa shape index (κ2) is 5.57. The molecule has 0 saturated heterocycles. The Kier molecular flexibility index (Phi) is 3.74. The van der Waals surface area contributed by atoms with Gasteiger partial charge in [-0.25, -0.2) is 0 Å². The number of ketones is 1. The van der Waals surface area contributed by atoms with Gasteiger partial charge in [0.15, 0.2) is 5.78 Å². The highest BCUT2D eigenvalue weighted by Gasteiger charge is 2.57. The van der Waals surface area contributed by atoms with Gasteiger partial charge in [-0.05, 0) is 85.7 Å². The van der Waals surface area contributed by atoms with Crippen molar-refractivity contribution in [2.24, 2.45) is 33.7 Å². The number of oxime groups is 1. The summed E-state index contributed by atoms with van der Waals surface area (Å²) in [6.07, 6.45) is 14.7. The molecule has 3 fully saturated rings. The summed E-state index contributed by atoms with van der Waals surface area (Å²) < 4.78 is 0. The van der Waals surface area contributed by atoms with Gasteiger partial charge < -0.3 is 5.21 Å². The number of carbonyl (C=O) groups excluding carboxylic acids is 1. The van der Waals surface area contributed by atoms with Crippen LogP contribution in [0, 0.1) is 28.6 Å². The minimum absolute atomic E-state index is 0.261. The predicted octanol–water partition coefficient (Wildman–Crippen LogP) is 4.90. The van der Waals surface area contributed by atoms with Gasteiger partial charge in [0.25, 0.3) is 0 Å². The highest BCUT2D eigenvalue weighted by molar-refractivity contribution is 5.91. The molecule has 5 atom stereocenters. The average molecular weight is 327 g/mol. The highest BCUT2D eigenvalue weighted by atomic mass is 16.4. The molecule has 0 unspecified atom stereocenters. The first kappa shape index (κ1) is 16.1. The van der Waals surface area contributed by atoms with Crippen molar-refractivity contribution in [3.05, 3.63) is 23.3 Å². The summed E-state index contributed by atoms with van der Waals surface area (Å²) in [5.74, 6) is 2.63. The van der Waals surface area contributed by atoms with Crippen molar-refractivity contribution in [1.82, 2.24) is 0 Å². The van der Waals surface area contributed by atoms with Gasteiger partial charge in [-0.1, -0.05) is 30.1 Å². The third-order valence-corrected chi connectivity index (χ3v) is 8.15. The van der Waals surface area contributed by atoms with Crippen LogP contribution < -0.4 is 0 Å². The van der Waals surface area contributed by atoms with Crippen LogP contribution in [0.15, 0.2) is 28.5 Å². The van der Waals surface area contributed by atoms with Crippen LogP contribution in [0.4, 0.5) is 0 Å². The molecule has 0 aromatic heterocycles. The number of hydrogen-bond acceptors (Lipinski definition) is 3. The SMILES string of the molecule is C[C@]12CCC(=O)C=C1CC[C@@H]1[C@@H]2CC[C@]2(C)C(=CC=NO)CC[C@@H]12. The Labute approximate surface area is 144 Å². The van der Waals surface area contributed by atoms with Crippen LogP contribution in [0.2, 0.25) is 0 Å². The van der Waals surface area contributed by atoms with E-state index in [9.17, 15) is 4.79 Å². The van der Waals surface area contributed by atoms with Gasteiger partial charge in [0.05, 0.1) is 6.21 Å². The third-order valence-electron chi connectivity index (χ3n) is 8.15. The molecular formula is C21H29NO2. The third kappa shape index (κ3) is 2.16. The molecule has 24 heavy (non-hydrogen) atoms. The molecule has 4 aliphatic rings. The summed E-state index contributed by atoms with van der Waals surface area (Å²) in [4.78, 5) is 11.9. The summed E-state index contributed by atoms with van der Waals surface area (Å²) in [6, 6.07) is 0. The predicted molar refractivity (Wildman–Crippen MR) is 95.1 cm³/mol.